The zero-order valence-electron chi connectivity index (χ0n) is 17.7. The Morgan fingerprint density at radius 1 is 1.03 bits per heavy atom. The molecule has 0 aliphatic rings. The average Bonchev–Trinajstić information content (AvgIpc) is 2.76. The number of ketones is 1. The van der Waals surface area contributed by atoms with Gasteiger partial charge in [0.2, 0.25) is 0 Å². The number of ether oxygens (including phenoxy) is 3. The molecule has 0 bridgehead atoms. The number of rotatable bonds is 12. The van der Waals surface area contributed by atoms with Gasteiger partial charge in [0.15, 0.2) is 11.9 Å². The number of aliphatic hydroxyl groups is 2. The number of anilines is 1. The first-order valence-corrected chi connectivity index (χ1v) is 10.1. The molecule has 0 aliphatic heterocycles. The third-order valence-electron chi connectivity index (χ3n) is 4.48. The Morgan fingerprint density at radius 2 is 1.74 bits per heavy atom. The molecule has 8 nitrogen and oxygen atoms in total. The van der Waals surface area contributed by atoms with Crippen LogP contribution >= 0.6 is 0 Å². The van der Waals surface area contributed by atoms with Gasteiger partial charge >= 0.3 is 6.09 Å². The van der Waals surface area contributed by atoms with E-state index in [1.54, 1.807) is 48.5 Å². The van der Waals surface area contributed by atoms with E-state index in [-0.39, 0.29) is 32.0 Å². The SMILES string of the molecule is CCO[C@@H](CCO)[C@@H](OC(=O)Nc1ccc(C(C)=O)cc1)c1ccccc1OCCO. The van der Waals surface area contributed by atoms with Crippen molar-refractivity contribution in [2.24, 2.45) is 0 Å². The lowest BCUT2D eigenvalue weighted by Gasteiger charge is -2.28. The number of hydrogen-bond donors (Lipinski definition) is 3. The van der Waals surface area contributed by atoms with E-state index in [4.69, 9.17) is 19.3 Å². The minimum atomic E-state index is -0.863. The molecule has 31 heavy (non-hydrogen) atoms. The zero-order valence-corrected chi connectivity index (χ0v) is 17.7. The minimum Gasteiger partial charge on any atom is -0.491 e. The lowest BCUT2D eigenvalue weighted by atomic mass is 10.0. The highest BCUT2D eigenvalue weighted by Crippen LogP contribution is 2.33. The maximum atomic E-state index is 12.7. The summed E-state index contributed by atoms with van der Waals surface area (Å²) in [5, 5.41) is 21.2. The van der Waals surface area contributed by atoms with E-state index in [0.717, 1.165) is 0 Å². The lowest BCUT2D eigenvalue weighted by Crippen LogP contribution is -2.30. The second kappa shape index (κ2) is 12.7. The van der Waals surface area contributed by atoms with E-state index in [1.165, 1.54) is 6.92 Å². The summed E-state index contributed by atoms with van der Waals surface area (Å²) in [6.07, 6.45) is -1.95. The zero-order chi connectivity index (χ0) is 22.6. The van der Waals surface area contributed by atoms with Crippen molar-refractivity contribution in [3.8, 4) is 5.75 Å². The largest absolute Gasteiger partial charge is 0.491 e. The van der Waals surface area contributed by atoms with Crippen LogP contribution < -0.4 is 10.1 Å². The molecule has 2 aromatic rings. The molecule has 1 amide bonds. The predicted molar refractivity (Wildman–Crippen MR) is 115 cm³/mol. The maximum Gasteiger partial charge on any atom is 0.412 e. The Bertz CT molecular complexity index is 832. The minimum absolute atomic E-state index is 0.0720. The van der Waals surface area contributed by atoms with Gasteiger partial charge in [0.1, 0.15) is 18.5 Å². The number of carbonyl (C=O) groups excluding carboxylic acids is 2. The summed E-state index contributed by atoms with van der Waals surface area (Å²) in [5.74, 6) is 0.375. The second-order valence-corrected chi connectivity index (χ2v) is 6.70. The van der Waals surface area contributed by atoms with Gasteiger partial charge in [-0.15, -0.1) is 0 Å². The highest BCUT2D eigenvalue weighted by molar-refractivity contribution is 5.95. The van der Waals surface area contributed by atoms with Gasteiger partial charge in [0.05, 0.1) is 6.61 Å². The fourth-order valence-electron chi connectivity index (χ4n) is 3.06. The van der Waals surface area contributed by atoms with E-state index in [0.29, 0.717) is 29.2 Å². The molecule has 2 atom stereocenters. The van der Waals surface area contributed by atoms with Gasteiger partial charge in [-0.3, -0.25) is 10.1 Å². The van der Waals surface area contributed by atoms with Crippen LogP contribution in [0.3, 0.4) is 0 Å². The number of Topliss-reactive ketones (excluding diaryl/α,β-unsaturated/α-hetero) is 1. The second-order valence-electron chi connectivity index (χ2n) is 6.70. The van der Waals surface area contributed by atoms with Crippen LogP contribution in [-0.4, -0.2) is 54.6 Å². The monoisotopic (exact) mass is 431 g/mol. The molecule has 0 heterocycles. The maximum absolute atomic E-state index is 12.7. The van der Waals surface area contributed by atoms with Crippen LogP contribution in [0.5, 0.6) is 5.75 Å². The van der Waals surface area contributed by atoms with Crippen LogP contribution in [0.15, 0.2) is 48.5 Å². The van der Waals surface area contributed by atoms with Crippen LogP contribution in [0.4, 0.5) is 10.5 Å². The molecule has 0 saturated heterocycles. The Morgan fingerprint density at radius 3 is 2.35 bits per heavy atom. The molecule has 3 N–H and O–H groups in total. The molecule has 0 aliphatic carbocycles. The van der Waals surface area contributed by atoms with Crippen LogP contribution in [0.1, 0.15) is 42.3 Å². The predicted octanol–water partition coefficient (Wildman–Crippen LogP) is 3.34. The molecule has 8 heteroatoms. The van der Waals surface area contributed by atoms with E-state index in [2.05, 4.69) is 5.32 Å². The molecular weight excluding hydrogens is 402 g/mol. The number of carbonyl (C=O) groups is 2. The summed E-state index contributed by atoms with van der Waals surface area (Å²) in [5.41, 5.74) is 1.56. The molecule has 0 unspecified atom stereocenters. The Labute approximate surface area is 181 Å². The first-order valence-electron chi connectivity index (χ1n) is 10.1. The van der Waals surface area contributed by atoms with Crippen LogP contribution in [0.25, 0.3) is 0 Å². The number of benzene rings is 2. The van der Waals surface area contributed by atoms with Crippen molar-refractivity contribution < 1.29 is 34.0 Å². The van der Waals surface area contributed by atoms with Crippen molar-refractivity contribution in [1.82, 2.24) is 0 Å². The van der Waals surface area contributed by atoms with Gasteiger partial charge in [-0.2, -0.15) is 0 Å². The topological polar surface area (TPSA) is 114 Å². The highest BCUT2D eigenvalue weighted by atomic mass is 16.6. The van der Waals surface area contributed by atoms with Gasteiger partial charge in [0.25, 0.3) is 0 Å². The molecule has 0 radical (unpaired) electrons. The van der Waals surface area contributed by atoms with Gasteiger partial charge < -0.3 is 24.4 Å². The van der Waals surface area contributed by atoms with E-state index >= 15 is 0 Å². The van der Waals surface area contributed by atoms with Crippen molar-refractivity contribution in [1.29, 1.82) is 0 Å². The summed E-state index contributed by atoms with van der Waals surface area (Å²) in [6.45, 7) is 3.40. The van der Waals surface area contributed by atoms with Crippen molar-refractivity contribution >= 4 is 17.6 Å². The van der Waals surface area contributed by atoms with Gasteiger partial charge in [0, 0.05) is 36.4 Å². The number of para-hydroxylation sites is 1. The van der Waals surface area contributed by atoms with Gasteiger partial charge in [-0.05, 0) is 44.2 Å². The Kier molecular flexibility index (Phi) is 9.96. The van der Waals surface area contributed by atoms with Crippen LogP contribution in [0.2, 0.25) is 0 Å². The van der Waals surface area contributed by atoms with E-state index < -0.39 is 18.3 Å². The highest BCUT2D eigenvalue weighted by Gasteiger charge is 2.30. The molecule has 2 rings (SSSR count). The van der Waals surface area contributed by atoms with Crippen molar-refractivity contribution in [2.75, 3.05) is 31.7 Å². The standard InChI is InChI=1S/C23H29NO7/c1-3-29-21(12-13-25)22(19-6-4-5-7-20(19)30-15-14-26)31-23(28)24-18-10-8-17(9-11-18)16(2)27/h4-11,21-22,25-26H,3,12-15H2,1-2H3,(H,24,28)/t21-,22-/m0/s1. The summed E-state index contributed by atoms with van der Waals surface area (Å²) in [6, 6.07) is 13.4. The average molecular weight is 431 g/mol. The third-order valence-corrected chi connectivity index (χ3v) is 4.48. The molecule has 2 aromatic carbocycles. The summed E-state index contributed by atoms with van der Waals surface area (Å²) < 4.78 is 17.1. The molecular formula is C23H29NO7. The lowest BCUT2D eigenvalue weighted by molar-refractivity contribution is -0.0493. The first kappa shape index (κ1) is 24.3. The number of hydrogen-bond acceptors (Lipinski definition) is 7. The van der Waals surface area contributed by atoms with Gasteiger partial charge in [-0.1, -0.05) is 18.2 Å². The van der Waals surface area contributed by atoms with Crippen molar-refractivity contribution in [3.05, 3.63) is 59.7 Å². The fourth-order valence-corrected chi connectivity index (χ4v) is 3.06. The van der Waals surface area contributed by atoms with Crippen LogP contribution in [0, 0.1) is 0 Å². The molecule has 0 aromatic heterocycles. The molecule has 0 fully saturated rings. The third kappa shape index (κ3) is 7.36. The molecule has 0 spiro atoms. The quantitative estimate of drug-likeness (QED) is 0.442. The van der Waals surface area contributed by atoms with Gasteiger partial charge in [-0.25, -0.2) is 4.79 Å². The molecule has 0 saturated carbocycles. The number of aliphatic hydroxyl groups excluding tert-OH is 2. The van der Waals surface area contributed by atoms with Crippen LogP contribution in [-0.2, 0) is 9.47 Å². The first-order chi connectivity index (χ1) is 15.0. The van der Waals surface area contributed by atoms with Crippen molar-refractivity contribution in [2.45, 2.75) is 32.5 Å². The summed E-state index contributed by atoms with van der Waals surface area (Å²) in [4.78, 5) is 24.1. The van der Waals surface area contributed by atoms with Crippen molar-refractivity contribution in [3.63, 3.8) is 0 Å². The smallest absolute Gasteiger partial charge is 0.412 e. The normalized spacial score (nSPS) is 12.6. The molecule has 168 valence electrons. The number of amides is 1. The Balaban J connectivity index is 2.26. The van der Waals surface area contributed by atoms with E-state index in [1.807, 2.05) is 6.92 Å². The summed E-state index contributed by atoms with van der Waals surface area (Å²) >= 11 is 0. The van der Waals surface area contributed by atoms with E-state index in [9.17, 15) is 14.7 Å². The number of nitrogens with one attached hydrogen (secondary N) is 1. The fraction of sp³-hybridized carbons (Fsp3) is 0.391. The summed E-state index contributed by atoms with van der Waals surface area (Å²) in [7, 11) is 0. The Hall–Kier alpha value is -2.94.